The molecule has 32 heavy (non-hydrogen) atoms. The molecular formula is C24H29N5O3. The molecule has 1 aromatic carbocycles. The molecule has 2 N–H and O–H groups in total. The molecule has 1 aliphatic rings. The minimum atomic E-state index is -0.494. The summed E-state index contributed by atoms with van der Waals surface area (Å²) in [5.74, 6) is 1.86. The van der Waals surface area contributed by atoms with E-state index in [1.807, 2.05) is 26.0 Å². The van der Waals surface area contributed by atoms with E-state index in [-0.39, 0.29) is 6.04 Å². The molecule has 1 amide bonds. The fourth-order valence-corrected chi connectivity index (χ4v) is 4.15. The van der Waals surface area contributed by atoms with Crippen LogP contribution in [0.2, 0.25) is 0 Å². The summed E-state index contributed by atoms with van der Waals surface area (Å²) in [5.41, 5.74) is 9.46. The molecule has 1 saturated heterocycles. The van der Waals surface area contributed by atoms with Gasteiger partial charge in [0, 0.05) is 12.7 Å². The Morgan fingerprint density at radius 3 is 2.62 bits per heavy atom. The highest BCUT2D eigenvalue weighted by atomic mass is 16.5. The third kappa shape index (κ3) is 4.80. The van der Waals surface area contributed by atoms with E-state index in [1.54, 1.807) is 13.1 Å². The van der Waals surface area contributed by atoms with Crippen LogP contribution >= 0.6 is 0 Å². The van der Waals surface area contributed by atoms with Gasteiger partial charge < -0.3 is 15.0 Å². The van der Waals surface area contributed by atoms with Crippen LogP contribution in [0.3, 0.4) is 0 Å². The minimum absolute atomic E-state index is 0.125. The maximum absolute atomic E-state index is 11.5. The number of hydrogen-bond acceptors (Lipinski definition) is 7. The Labute approximate surface area is 187 Å². The highest BCUT2D eigenvalue weighted by Crippen LogP contribution is 2.31. The van der Waals surface area contributed by atoms with Gasteiger partial charge in [-0.1, -0.05) is 23.7 Å². The molecule has 1 unspecified atom stereocenters. The summed E-state index contributed by atoms with van der Waals surface area (Å²) in [6.45, 7) is 7.83. The zero-order valence-electron chi connectivity index (χ0n) is 18.8. The van der Waals surface area contributed by atoms with Gasteiger partial charge in [0.05, 0.1) is 28.6 Å². The number of nitrogens with two attached hydrogens (primary N) is 1. The smallest absolute Gasteiger partial charge is 0.252 e. The molecule has 1 aliphatic heterocycles. The number of hydrogen-bond donors (Lipinski definition) is 1. The van der Waals surface area contributed by atoms with Crippen LogP contribution < -0.4 is 10.5 Å². The Morgan fingerprint density at radius 1 is 1.19 bits per heavy atom. The molecule has 0 spiro atoms. The number of ether oxygens (including phenoxy) is 1. The number of aromatic nitrogens is 3. The van der Waals surface area contributed by atoms with Crippen molar-refractivity contribution in [3.8, 4) is 5.75 Å². The SMILES string of the molecule is Cc1nc(C2CCCCN2Cc2ccc(OCc3c(C)noc3C)cc2)ncc1C(N)=O. The van der Waals surface area contributed by atoms with Crippen molar-refractivity contribution in [3.63, 3.8) is 0 Å². The van der Waals surface area contributed by atoms with Crippen molar-refractivity contribution in [2.24, 2.45) is 5.73 Å². The quantitative estimate of drug-likeness (QED) is 0.601. The number of nitrogens with zero attached hydrogens (tertiary/aromatic N) is 4. The predicted octanol–water partition coefficient (Wildman–Crippen LogP) is 3.79. The van der Waals surface area contributed by atoms with Crippen LogP contribution in [0.25, 0.3) is 0 Å². The zero-order chi connectivity index (χ0) is 22.7. The van der Waals surface area contributed by atoms with Crippen molar-refractivity contribution < 1.29 is 14.1 Å². The Kier molecular flexibility index (Phi) is 6.50. The van der Waals surface area contributed by atoms with E-state index >= 15 is 0 Å². The van der Waals surface area contributed by atoms with Gasteiger partial charge in [-0.05, 0) is 57.9 Å². The van der Waals surface area contributed by atoms with Crippen molar-refractivity contribution in [2.45, 2.75) is 59.2 Å². The van der Waals surface area contributed by atoms with Gasteiger partial charge >= 0.3 is 0 Å². The number of primary amides is 1. The fraction of sp³-hybridized carbons (Fsp3) is 0.417. The molecule has 3 heterocycles. The summed E-state index contributed by atoms with van der Waals surface area (Å²) in [7, 11) is 0. The number of carbonyl (C=O) groups excluding carboxylic acids is 1. The Hall–Kier alpha value is -3.26. The lowest BCUT2D eigenvalue weighted by atomic mass is 10.00. The van der Waals surface area contributed by atoms with Crippen LogP contribution in [0, 0.1) is 20.8 Å². The van der Waals surface area contributed by atoms with E-state index in [0.29, 0.717) is 17.9 Å². The predicted molar refractivity (Wildman–Crippen MR) is 119 cm³/mol. The maximum atomic E-state index is 11.5. The Balaban J connectivity index is 1.43. The number of likely N-dealkylation sites (tertiary alicyclic amines) is 1. The molecule has 8 heteroatoms. The normalized spacial score (nSPS) is 16.8. The van der Waals surface area contributed by atoms with E-state index in [4.69, 9.17) is 15.0 Å². The average Bonchev–Trinajstić information content (AvgIpc) is 3.10. The number of aryl methyl sites for hydroxylation is 3. The van der Waals surface area contributed by atoms with E-state index < -0.39 is 5.91 Å². The molecule has 0 bridgehead atoms. The molecule has 0 aliphatic carbocycles. The van der Waals surface area contributed by atoms with Gasteiger partial charge in [-0.2, -0.15) is 0 Å². The summed E-state index contributed by atoms with van der Waals surface area (Å²) >= 11 is 0. The van der Waals surface area contributed by atoms with Crippen LogP contribution in [0.1, 0.15) is 69.8 Å². The van der Waals surface area contributed by atoms with Gasteiger partial charge in [0.1, 0.15) is 23.9 Å². The molecule has 168 valence electrons. The van der Waals surface area contributed by atoms with Crippen molar-refractivity contribution in [3.05, 3.63) is 70.1 Å². The van der Waals surface area contributed by atoms with Crippen molar-refractivity contribution in [2.75, 3.05) is 6.54 Å². The number of rotatable bonds is 7. The molecule has 1 atom stereocenters. The second kappa shape index (κ2) is 9.48. The number of piperidine rings is 1. The van der Waals surface area contributed by atoms with Crippen LogP contribution in [-0.2, 0) is 13.2 Å². The van der Waals surface area contributed by atoms with Gasteiger partial charge in [-0.3, -0.25) is 9.69 Å². The van der Waals surface area contributed by atoms with Crippen molar-refractivity contribution >= 4 is 5.91 Å². The standard InChI is InChI=1S/C24H29N5O3/c1-15-20(23(25)30)12-26-24(27-15)22-6-4-5-11-29(22)13-18-7-9-19(10-8-18)31-14-21-16(2)28-32-17(21)3/h7-10,12,22H,4-6,11,13-14H2,1-3H3,(H2,25,30). The summed E-state index contributed by atoms with van der Waals surface area (Å²) in [6.07, 6.45) is 4.83. The van der Waals surface area contributed by atoms with Gasteiger partial charge in [-0.25, -0.2) is 9.97 Å². The van der Waals surface area contributed by atoms with E-state index in [2.05, 4.69) is 32.2 Å². The van der Waals surface area contributed by atoms with Gasteiger partial charge in [0.2, 0.25) is 0 Å². The molecule has 0 saturated carbocycles. The number of carbonyl (C=O) groups is 1. The maximum Gasteiger partial charge on any atom is 0.252 e. The van der Waals surface area contributed by atoms with Crippen LogP contribution in [0.15, 0.2) is 35.0 Å². The first kappa shape index (κ1) is 22.0. The van der Waals surface area contributed by atoms with Crippen LogP contribution in [0.5, 0.6) is 5.75 Å². The molecule has 2 aromatic heterocycles. The first-order valence-corrected chi connectivity index (χ1v) is 10.9. The van der Waals surface area contributed by atoms with E-state index in [1.165, 1.54) is 5.56 Å². The van der Waals surface area contributed by atoms with Gasteiger partial charge in [0.25, 0.3) is 5.91 Å². The van der Waals surface area contributed by atoms with Crippen LogP contribution in [-0.4, -0.2) is 32.5 Å². The third-order valence-electron chi connectivity index (χ3n) is 6.05. The number of benzene rings is 1. The fourth-order valence-electron chi connectivity index (χ4n) is 4.15. The van der Waals surface area contributed by atoms with Gasteiger partial charge in [0.15, 0.2) is 0 Å². The summed E-state index contributed by atoms with van der Waals surface area (Å²) < 4.78 is 11.1. The van der Waals surface area contributed by atoms with E-state index in [9.17, 15) is 4.79 Å². The highest BCUT2D eigenvalue weighted by Gasteiger charge is 2.27. The van der Waals surface area contributed by atoms with E-state index in [0.717, 1.165) is 60.9 Å². The third-order valence-corrected chi connectivity index (χ3v) is 6.05. The van der Waals surface area contributed by atoms with Crippen molar-refractivity contribution in [1.29, 1.82) is 0 Å². The summed E-state index contributed by atoms with van der Waals surface area (Å²) in [6, 6.07) is 8.30. The van der Waals surface area contributed by atoms with Crippen molar-refractivity contribution in [1.82, 2.24) is 20.0 Å². The van der Waals surface area contributed by atoms with Gasteiger partial charge in [-0.15, -0.1) is 0 Å². The lowest BCUT2D eigenvalue weighted by Gasteiger charge is -2.34. The largest absolute Gasteiger partial charge is 0.489 e. The lowest BCUT2D eigenvalue weighted by molar-refractivity contribution is 0.0998. The summed E-state index contributed by atoms with van der Waals surface area (Å²) in [4.78, 5) is 23.0. The molecule has 3 aromatic rings. The Morgan fingerprint density at radius 2 is 1.97 bits per heavy atom. The lowest BCUT2D eigenvalue weighted by Crippen LogP contribution is -2.34. The Bertz CT molecular complexity index is 1070. The molecular weight excluding hydrogens is 406 g/mol. The average molecular weight is 436 g/mol. The summed E-state index contributed by atoms with van der Waals surface area (Å²) in [5, 5.41) is 3.96. The topological polar surface area (TPSA) is 107 Å². The second-order valence-corrected chi connectivity index (χ2v) is 8.31. The molecule has 1 fully saturated rings. The number of amides is 1. The second-order valence-electron chi connectivity index (χ2n) is 8.31. The molecule has 8 nitrogen and oxygen atoms in total. The monoisotopic (exact) mass is 435 g/mol. The highest BCUT2D eigenvalue weighted by molar-refractivity contribution is 5.93. The first-order chi connectivity index (χ1) is 15.4. The molecule has 0 radical (unpaired) electrons. The first-order valence-electron chi connectivity index (χ1n) is 10.9. The minimum Gasteiger partial charge on any atom is -0.489 e. The van der Waals surface area contributed by atoms with Crippen LogP contribution in [0.4, 0.5) is 0 Å². The zero-order valence-corrected chi connectivity index (χ0v) is 18.8. The molecule has 4 rings (SSSR count).